The van der Waals surface area contributed by atoms with Crippen molar-refractivity contribution in [3.63, 3.8) is 0 Å². The van der Waals surface area contributed by atoms with Crippen molar-refractivity contribution in [3.8, 4) is 0 Å². The van der Waals surface area contributed by atoms with E-state index in [-0.39, 0.29) is 18.4 Å². The molecule has 8 heteroatoms. The zero-order valence-electron chi connectivity index (χ0n) is 15.4. The Bertz CT molecular complexity index is 606. The van der Waals surface area contributed by atoms with Crippen LogP contribution >= 0.6 is 0 Å². The summed E-state index contributed by atoms with van der Waals surface area (Å²) >= 11 is 0. The number of carbonyl (C=O) groups excluding carboxylic acids is 4. The summed E-state index contributed by atoms with van der Waals surface area (Å²) in [6.07, 6.45) is 6.96. The highest BCUT2D eigenvalue weighted by molar-refractivity contribution is 6.09. The molecule has 1 saturated heterocycles. The molecule has 1 spiro atoms. The molecule has 0 aromatic rings. The van der Waals surface area contributed by atoms with Gasteiger partial charge in [-0.05, 0) is 32.6 Å². The Morgan fingerprint density at radius 3 is 2.27 bits per heavy atom. The summed E-state index contributed by atoms with van der Waals surface area (Å²) in [7, 11) is 0. The van der Waals surface area contributed by atoms with Gasteiger partial charge in [0.2, 0.25) is 11.8 Å². The molecule has 144 valence electrons. The van der Waals surface area contributed by atoms with E-state index in [4.69, 9.17) is 0 Å². The summed E-state index contributed by atoms with van der Waals surface area (Å²) < 4.78 is 0. The number of hydrogen-bond acceptors (Lipinski definition) is 4. The molecule has 5 amide bonds. The number of rotatable bonds is 5. The van der Waals surface area contributed by atoms with Gasteiger partial charge in [0.15, 0.2) is 0 Å². The molecule has 1 aliphatic heterocycles. The molecule has 26 heavy (non-hydrogen) atoms. The zero-order chi connectivity index (χ0) is 18.8. The lowest BCUT2D eigenvalue weighted by Gasteiger charge is -2.36. The monoisotopic (exact) mass is 364 g/mol. The Morgan fingerprint density at radius 1 is 1.04 bits per heavy atom. The highest BCUT2D eigenvalue weighted by Gasteiger charge is 2.53. The molecular formula is C18H28N4O4. The lowest BCUT2D eigenvalue weighted by Crippen LogP contribution is -2.61. The average Bonchev–Trinajstić information content (AvgIpc) is 3.17. The van der Waals surface area contributed by atoms with Crippen LogP contribution < -0.4 is 16.0 Å². The van der Waals surface area contributed by atoms with Crippen LogP contribution in [0.4, 0.5) is 4.79 Å². The predicted molar refractivity (Wildman–Crippen MR) is 94.1 cm³/mol. The first kappa shape index (κ1) is 18.7. The first-order valence-corrected chi connectivity index (χ1v) is 9.66. The van der Waals surface area contributed by atoms with E-state index in [1.54, 1.807) is 0 Å². The standard InChI is InChI=1S/C18H28N4O4/c1-2-19-14(24)17(8-4-3-5-9-17)20-13(23)12-22-15(25)18(21-16(22)26)10-6-7-11-18/h2-12H2,1H3,(H,19,24)(H,20,23)(H,21,26). The SMILES string of the molecule is CCNC(=O)C1(NC(=O)CN2C(=O)NC3(CCCC3)C2=O)CCCCC1. The van der Waals surface area contributed by atoms with Gasteiger partial charge in [-0.25, -0.2) is 4.79 Å². The van der Waals surface area contributed by atoms with Crippen molar-refractivity contribution in [1.29, 1.82) is 0 Å². The van der Waals surface area contributed by atoms with Gasteiger partial charge in [-0.3, -0.25) is 19.3 Å². The Morgan fingerprint density at radius 2 is 1.65 bits per heavy atom. The number of amides is 5. The van der Waals surface area contributed by atoms with Crippen molar-refractivity contribution < 1.29 is 19.2 Å². The molecule has 0 radical (unpaired) electrons. The number of urea groups is 1. The number of likely N-dealkylation sites (N-methyl/N-ethyl adjacent to an activating group) is 1. The van der Waals surface area contributed by atoms with Gasteiger partial charge in [-0.1, -0.05) is 32.1 Å². The summed E-state index contributed by atoms with van der Waals surface area (Å²) in [6, 6.07) is -0.511. The topological polar surface area (TPSA) is 108 Å². The maximum Gasteiger partial charge on any atom is 0.325 e. The van der Waals surface area contributed by atoms with Crippen molar-refractivity contribution in [2.75, 3.05) is 13.1 Å². The van der Waals surface area contributed by atoms with Crippen LogP contribution in [0.3, 0.4) is 0 Å². The van der Waals surface area contributed by atoms with Gasteiger partial charge in [0.25, 0.3) is 5.91 Å². The van der Waals surface area contributed by atoms with Gasteiger partial charge in [0.05, 0.1) is 0 Å². The summed E-state index contributed by atoms with van der Waals surface area (Å²) in [5, 5.41) is 8.41. The van der Waals surface area contributed by atoms with Crippen LogP contribution in [0.5, 0.6) is 0 Å². The second-order valence-electron chi connectivity index (χ2n) is 7.66. The quantitative estimate of drug-likeness (QED) is 0.627. The first-order chi connectivity index (χ1) is 12.4. The molecule has 3 rings (SSSR count). The van der Waals surface area contributed by atoms with Crippen LogP contribution in [0.2, 0.25) is 0 Å². The molecule has 2 aliphatic carbocycles. The maximum atomic E-state index is 12.7. The minimum absolute atomic E-state index is 0.183. The minimum atomic E-state index is -0.935. The normalized spacial score (nSPS) is 23.8. The van der Waals surface area contributed by atoms with Crippen LogP contribution in [0.15, 0.2) is 0 Å². The lowest BCUT2D eigenvalue weighted by molar-refractivity contribution is -0.138. The van der Waals surface area contributed by atoms with Crippen molar-refractivity contribution in [2.45, 2.75) is 75.8 Å². The third-order valence-corrected chi connectivity index (χ3v) is 5.86. The van der Waals surface area contributed by atoms with Crippen LogP contribution in [-0.2, 0) is 14.4 Å². The maximum absolute atomic E-state index is 12.7. The molecule has 3 fully saturated rings. The molecule has 0 aromatic carbocycles. The van der Waals surface area contributed by atoms with E-state index in [2.05, 4.69) is 16.0 Å². The van der Waals surface area contributed by atoms with Gasteiger partial charge in [0, 0.05) is 6.54 Å². The summed E-state index contributed by atoms with van der Waals surface area (Å²) in [5.41, 5.74) is -1.75. The number of hydrogen-bond donors (Lipinski definition) is 3. The number of imide groups is 1. The van der Waals surface area contributed by atoms with E-state index in [0.29, 0.717) is 32.2 Å². The largest absolute Gasteiger partial charge is 0.354 e. The Balaban J connectivity index is 1.68. The molecule has 0 bridgehead atoms. The highest BCUT2D eigenvalue weighted by atomic mass is 16.2. The number of carbonyl (C=O) groups is 4. The van der Waals surface area contributed by atoms with Crippen molar-refractivity contribution in [3.05, 3.63) is 0 Å². The van der Waals surface area contributed by atoms with Crippen molar-refractivity contribution >= 4 is 23.8 Å². The molecule has 0 aromatic heterocycles. The van der Waals surface area contributed by atoms with E-state index < -0.39 is 23.0 Å². The van der Waals surface area contributed by atoms with Gasteiger partial charge in [-0.2, -0.15) is 0 Å². The zero-order valence-corrected chi connectivity index (χ0v) is 15.4. The number of nitrogens with zero attached hydrogens (tertiary/aromatic N) is 1. The van der Waals surface area contributed by atoms with E-state index >= 15 is 0 Å². The van der Waals surface area contributed by atoms with Gasteiger partial charge in [-0.15, -0.1) is 0 Å². The van der Waals surface area contributed by atoms with Gasteiger partial charge < -0.3 is 16.0 Å². The van der Waals surface area contributed by atoms with E-state index in [0.717, 1.165) is 37.0 Å². The van der Waals surface area contributed by atoms with E-state index in [9.17, 15) is 19.2 Å². The third kappa shape index (κ3) is 3.29. The molecule has 1 heterocycles. The summed E-state index contributed by atoms with van der Waals surface area (Å²) in [5.74, 6) is -0.958. The molecule has 0 atom stereocenters. The molecule has 0 unspecified atom stereocenters. The smallest absolute Gasteiger partial charge is 0.325 e. The second kappa shape index (κ2) is 7.25. The molecule has 3 N–H and O–H groups in total. The van der Waals surface area contributed by atoms with E-state index in [1.807, 2.05) is 6.92 Å². The van der Waals surface area contributed by atoms with Crippen molar-refractivity contribution in [1.82, 2.24) is 20.9 Å². The fourth-order valence-corrected chi connectivity index (χ4v) is 4.48. The second-order valence-corrected chi connectivity index (χ2v) is 7.66. The molecule has 3 aliphatic rings. The van der Waals surface area contributed by atoms with E-state index in [1.165, 1.54) is 0 Å². The highest BCUT2D eigenvalue weighted by Crippen LogP contribution is 2.35. The molecule has 8 nitrogen and oxygen atoms in total. The van der Waals surface area contributed by atoms with Crippen LogP contribution in [0.1, 0.15) is 64.7 Å². The number of nitrogens with one attached hydrogen (secondary N) is 3. The van der Waals surface area contributed by atoms with Gasteiger partial charge >= 0.3 is 6.03 Å². The summed E-state index contributed by atoms with van der Waals surface area (Å²) in [6.45, 7) is 1.99. The fraction of sp³-hybridized carbons (Fsp3) is 0.778. The van der Waals surface area contributed by atoms with Gasteiger partial charge in [0.1, 0.15) is 17.6 Å². The first-order valence-electron chi connectivity index (χ1n) is 9.66. The average molecular weight is 364 g/mol. The predicted octanol–water partition coefficient (Wildman–Crippen LogP) is 0.806. The Kier molecular flexibility index (Phi) is 5.20. The van der Waals surface area contributed by atoms with Crippen LogP contribution in [-0.4, -0.2) is 52.8 Å². The van der Waals surface area contributed by atoms with Crippen LogP contribution in [0, 0.1) is 0 Å². The summed E-state index contributed by atoms with van der Waals surface area (Å²) in [4.78, 5) is 51.0. The Labute approximate surface area is 153 Å². The minimum Gasteiger partial charge on any atom is -0.354 e. The van der Waals surface area contributed by atoms with Crippen molar-refractivity contribution in [2.24, 2.45) is 0 Å². The molecule has 2 saturated carbocycles. The molecular weight excluding hydrogens is 336 g/mol. The third-order valence-electron chi connectivity index (χ3n) is 5.86. The lowest BCUT2D eigenvalue weighted by atomic mass is 9.80. The fourth-order valence-electron chi connectivity index (χ4n) is 4.48. The van der Waals surface area contributed by atoms with Crippen LogP contribution in [0.25, 0.3) is 0 Å². The Hall–Kier alpha value is -2.12.